The normalized spacial score (nSPS) is 31.3. The molecule has 204 valence electrons. The number of aliphatic hydroxyl groups excluding tert-OH is 3. The molecule has 5 atom stereocenters. The van der Waals surface area contributed by atoms with E-state index in [1.165, 1.54) is 13.2 Å². The number of amides is 1. The number of hydrogen-bond donors (Lipinski definition) is 7. The summed E-state index contributed by atoms with van der Waals surface area (Å²) in [7, 11) is 1.46. The van der Waals surface area contributed by atoms with Crippen molar-refractivity contribution < 1.29 is 44.7 Å². The van der Waals surface area contributed by atoms with E-state index in [4.69, 9.17) is 16.2 Å². The molecule has 38 heavy (non-hydrogen) atoms. The number of hydrogen-bond acceptors (Lipinski definition) is 11. The summed E-state index contributed by atoms with van der Waals surface area (Å²) in [6.45, 7) is 1.15. The van der Waals surface area contributed by atoms with Gasteiger partial charge in [-0.15, -0.1) is 0 Å². The lowest BCUT2D eigenvalue weighted by molar-refractivity contribution is -0.145. The van der Waals surface area contributed by atoms with Gasteiger partial charge in [-0.25, -0.2) is 0 Å². The number of aliphatic hydroxyl groups is 4. The van der Waals surface area contributed by atoms with E-state index < -0.39 is 58.0 Å². The van der Waals surface area contributed by atoms with Gasteiger partial charge in [-0.1, -0.05) is 0 Å². The second kappa shape index (κ2) is 9.09. The van der Waals surface area contributed by atoms with Crippen LogP contribution < -0.4 is 16.2 Å². The predicted octanol–water partition coefficient (Wildman–Crippen LogP) is -0.344. The van der Waals surface area contributed by atoms with Crippen molar-refractivity contribution in [2.24, 2.45) is 23.3 Å². The molecular weight excluding hydrogens is 498 g/mol. The molecule has 0 saturated carbocycles. The molecule has 1 amide bonds. The van der Waals surface area contributed by atoms with Crippen LogP contribution in [0.4, 0.5) is 0 Å². The summed E-state index contributed by atoms with van der Waals surface area (Å²) >= 11 is 0. The number of primary amides is 1. The Bertz CT molecular complexity index is 1320. The number of fused-ring (bicyclic) bond motifs is 3. The van der Waals surface area contributed by atoms with Crippen LogP contribution in [0.25, 0.3) is 0 Å². The second-order valence-corrected chi connectivity index (χ2v) is 10.4. The average molecular weight is 530 g/mol. The number of aromatic hydroxyl groups is 1. The third-order valence-electron chi connectivity index (χ3n) is 8.55. The van der Waals surface area contributed by atoms with Gasteiger partial charge in [0.25, 0.3) is 5.91 Å². The van der Waals surface area contributed by atoms with Crippen molar-refractivity contribution in [2.45, 2.75) is 43.4 Å². The summed E-state index contributed by atoms with van der Waals surface area (Å²) in [5, 5.41) is 53.6. The number of β-amino-alcohol motifs (C(OH)–C–C–N with tert-alkyl or cyclic N) is 1. The van der Waals surface area contributed by atoms with Gasteiger partial charge in [-0.05, 0) is 44.2 Å². The van der Waals surface area contributed by atoms with Crippen LogP contribution >= 0.6 is 0 Å². The van der Waals surface area contributed by atoms with Gasteiger partial charge in [-0.2, -0.15) is 0 Å². The fourth-order valence-electron chi connectivity index (χ4n) is 6.85. The molecule has 12 nitrogen and oxygen atoms in total. The van der Waals surface area contributed by atoms with Gasteiger partial charge in [0.2, 0.25) is 5.78 Å². The van der Waals surface area contributed by atoms with Gasteiger partial charge >= 0.3 is 0 Å². The first-order chi connectivity index (χ1) is 18.0. The summed E-state index contributed by atoms with van der Waals surface area (Å²) in [4.78, 5) is 40.8. The van der Waals surface area contributed by atoms with Crippen LogP contribution in [0.2, 0.25) is 0 Å². The molecule has 0 unspecified atom stereocenters. The minimum atomic E-state index is -2.75. The zero-order valence-electron chi connectivity index (χ0n) is 20.8. The molecular formula is C26H31N3O9. The maximum absolute atomic E-state index is 13.8. The summed E-state index contributed by atoms with van der Waals surface area (Å²) in [6, 6.07) is -0.113. The number of likely N-dealkylation sites (tertiary alicyclic amines) is 1. The number of nitrogens with two attached hydrogens (primary N) is 2. The fraction of sp³-hybridized carbons (Fsp3) is 0.500. The van der Waals surface area contributed by atoms with Crippen molar-refractivity contribution >= 4 is 17.5 Å². The highest BCUT2D eigenvalue weighted by molar-refractivity contribution is 6.24. The van der Waals surface area contributed by atoms with E-state index in [0.717, 1.165) is 19.4 Å². The number of phenolic OH excluding ortho intramolecular Hbond substituents is 1. The van der Waals surface area contributed by atoms with Gasteiger partial charge in [-0.3, -0.25) is 19.3 Å². The molecule has 0 spiro atoms. The molecule has 1 aromatic rings. The van der Waals surface area contributed by atoms with Gasteiger partial charge in [0.1, 0.15) is 28.6 Å². The number of allylic oxidation sites excluding steroid dienone is 1. The molecule has 1 aromatic carbocycles. The van der Waals surface area contributed by atoms with E-state index in [1.54, 1.807) is 0 Å². The lowest BCUT2D eigenvalue weighted by Crippen LogP contribution is -2.63. The minimum absolute atomic E-state index is 0.0359. The lowest BCUT2D eigenvalue weighted by atomic mass is 9.59. The number of ketones is 2. The Morgan fingerprint density at radius 3 is 2.61 bits per heavy atom. The van der Waals surface area contributed by atoms with E-state index >= 15 is 0 Å². The Morgan fingerprint density at radius 1 is 1.26 bits per heavy atom. The number of methoxy groups -OCH3 is 1. The van der Waals surface area contributed by atoms with E-state index in [2.05, 4.69) is 4.90 Å². The zero-order chi connectivity index (χ0) is 27.7. The quantitative estimate of drug-likeness (QED) is 0.245. The number of phenols is 1. The van der Waals surface area contributed by atoms with Crippen LogP contribution in [0.15, 0.2) is 28.7 Å². The van der Waals surface area contributed by atoms with Crippen LogP contribution in [-0.2, 0) is 16.0 Å². The van der Waals surface area contributed by atoms with E-state index in [0.29, 0.717) is 23.4 Å². The molecule has 1 saturated heterocycles. The summed E-state index contributed by atoms with van der Waals surface area (Å²) in [5.41, 5.74) is 8.38. The van der Waals surface area contributed by atoms with Crippen LogP contribution in [0.5, 0.6) is 11.5 Å². The monoisotopic (exact) mass is 529 g/mol. The molecule has 0 radical (unpaired) electrons. The number of carbonyl (C=O) groups excluding carboxylic acids is 3. The van der Waals surface area contributed by atoms with Gasteiger partial charge in [0.15, 0.2) is 11.4 Å². The zero-order valence-corrected chi connectivity index (χ0v) is 20.8. The molecule has 5 rings (SSSR count). The summed E-state index contributed by atoms with van der Waals surface area (Å²) < 4.78 is 5.76. The number of benzene rings is 1. The first-order valence-corrected chi connectivity index (χ1v) is 12.5. The molecule has 0 bridgehead atoms. The minimum Gasteiger partial charge on any atom is -0.510 e. The highest BCUT2D eigenvalue weighted by Crippen LogP contribution is 2.53. The Labute approximate surface area is 217 Å². The lowest BCUT2D eigenvalue weighted by Gasteiger charge is -2.47. The average Bonchev–Trinajstić information content (AvgIpc) is 3.32. The molecule has 0 aromatic heterocycles. The summed E-state index contributed by atoms with van der Waals surface area (Å²) in [6.07, 6.45) is 1.67. The number of rotatable bonds is 5. The van der Waals surface area contributed by atoms with Crippen LogP contribution in [0.3, 0.4) is 0 Å². The Kier molecular flexibility index (Phi) is 6.26. The van der Waals surface area contributed by atoms with Crippen molar-refractivity contribution in [2.75, 3.05) is 26.8 Å². The standard InChI is InChI=1S/C26H31N3O9/c1-38-22-11(14-3-2-4-29(14)5-6-30)9-15(31)17-12(22)7-10-8-13-19(27)21(33)18(25(28)36)24(35)26(13,37)23(34)16(10)20(17)32/h9-10,13-14,19,30-31,33-34,37H,2-8,27H2,1H3,(H2,28,36)/t10-,13-,14-,19-,26-/m0/s1. The largest absolute Gasteiger partial charge is 0.510 e. The molecule has 9 N–H and O–H groups in total. The third-order valence-corrected chi connectivity index (χ3v) is 8.55. The number of nitrogens with zero attached hydrogens (tertiary/aromatic N) is 1. The molecule has 1 fully saturated rings. The topological polar surface area (TPSA) is 217 Å². The summed E-state index contributed by atoms with van der Waals surface area (Å²) in [5.74, 6) is -7.11. The van der Waals surface area contributed by atoms with E-state index in [-0.39, 0.29) is 42.4 Å². The number of carbonyl (C=O) groups is 3. The van der Waals surface area contributed by atoms with Crippen LogP contribution in [0, 0.1) is 11.8 Å². The van der Waals surface area contributed by atoms with Crippen molar-refractivity contribution in [3.63, 3.8) is 0 Å². The molecule has 1 aliphatic heterocycles. The van der Waals surface area contributed by atoms with E-state index in [1.807, 2.05) is 0 Å². The van der Waals surface area contributed by atoms with Crippen LogP contribution in [0.1, 0.15) is 46.8 Å². The highest BCUT2D eigenvalue weighted by Gasteiger charge is 2.62. The molecule has 4 aliphatic rings. The van der Waals surface area contributed by atoms with Gasteiger partial charge < -0.3 is 41.7 Å². The number of Topliss-reactive ketones (excluding diaryl/α,β-unsaturated/α-hetero) is 2. The van der Waals surface area contributed by atoms with Crippen molar-refractivity contribution in [1.82, 2.24) is 4.90 Å². The van der Waals surface area contributed by atoms with Crippen LogP contribution in [-0.4, -0.2) is 86.4 Å². The first kappa shape index (κ1) is 26.2. The molecule has 3 aliphatic carbocycles. The Hall–Kier alpha value is -3.45. The maximum Gasteiger partial charge on any atom is 0.255 e. The highest BCUT2D eigenvalue weighted by atomic mass is 16.5. The molecule has 12 heteroatoms. The molecule has 1 heterocycles. The third kappa shape index (κ3) is 3.40. The fourth-order valence-corrected chi connectivity index (χ4v) is 6.85. The SMILES string of the molecule is COc1c([C@@H]2CCCN2CCO)cc(O)c2c1C[C@H]1C[C@H]3[C@H](N)C(O)=C(C(N)=O)C(=O)[C@@]3(O)C(O)=C1C2=O. The van der Waals surface area contributed by atoms with Crippen molar-refractivity contribution in [1.29, 1.82) is 0 Å². The predicted molar refractivity (Wildman–Crippen MR) is 131 cm³/mol. The Balaban J connectivity index is 1.66. The second-order valence-electron chi connectivity index (χ2n) is 10.4. The Morgan fingerprint density at radius 2 is 1.97 bits per heavy atom. The first-order valence-electron chi connectivity index (χ1n) is 12.5. The van der Waals surface area contributed by atoms with Gasteiger partial charge in [0, 0.05) is 35.2 Å². The van der Waals surface area contributed by atoms with Gasteiger partial charge in [0.05, 0.1) is 25.3 Å². The van der Waals surface area contributed by atoms with Crippen molar-refractivity contribution in [3.8, 4) is 11.5 Å². The smallest absolute Gasteiger partial charge is 0.255 e. The maximum atomic E-state index is 13.8. The number of ether oxygens (including phenoxy) is 1. The van der Waals surface area contributed by atoms with E-state index in [9.17, 15) is 39.9 Å². The van der Waals surface area contributed by atoms with Crippen molar-refractivity contribution in [3.05, 3.63) is 45.4 Å².